The topological polar surface area (TPSA) is 101 Å². The normalized spacial score (nSPS) is 17.6. The van der Waals surface area contributed by atoms with Gasteiger partial charge in [0.05, 0.1) is 43.0 Å². The molecule has 1 unspecified atom stereocenters. The Balaban J connectivity index is 2.01. The number of nitrogens with one attached hydrogen (secondary N) is 1. The number of ether oxygens (including phenoxy) is 3. The van der Waals surface area contributed by atoms with E-state index in [0.717, 1.165) is 22.2 Å². The molecule has 3 aromatic rings. The standard InChI is InChI=1S/C25H25ClN2O6/c1-13-20(14-7-5-6-8-17(14)27-13)22-21(24(30)25(31)28(22)9-10-32-2)23(29)15-11-19(34-4)16(26)12-18(15)33-3/h5-8,11-12,22,27,29H,9-10H2,1-4H3/b23-21+. The van der Waals surface area contributed by atoms with Crippen LogP contribution in [0.25, 0.3) is 16.7 Å². The molecule has 1 atom stereocenters. The molecule has 0 radical (unpaired) electrons. The predicted octanol–water partition coefficient (Wildman–Crippen LogP) is 4.22. The summed E-state index contributed by atoms with van der Waals surface area (Å²) in [5, 5.41) is 12.6. The number of amides is 1. The highest BCUT2D eigenvalue weighted by Crippen LogP contribution is 2.45. The monoisotopic (exact) mass is 484 g/mol. The number of methoxy groups -OCH3 is 3. The molecule has 8 nitrogen and oxygen atoms in total. The van der Waals surface area contributed by atoms with Crippen molar-refractivity contribution in [1.82, 2.24) is 9.88 Å². The first-order valence-electron chi connectivity index (χ1n) is 10.6. The quantitative estimate of drug-likeness (QED) is 0.296. The first-order valence-corrected chi connectivity index (χ1v) is 11.0. The van der Waals surface area contributed by atoms with Gasteiger partial charge < -0.3 is 29.2 Å². The molecule has 9 heteroatoms. The van der Waals surface area contributed by atoms with Gasteiger partial charge in [-0.1, -0.05) is 29.8 Å². The van der Waals surface area contributed by atoms with Crippen LogP contribution < -0.4 is 9.47 Å². The van der Waals surface area contributed by atoms with Crippen LogP contribution in [0.15, 0.2) is 42.0 Å². The van der Waals surface area contributed by atoms with Crippen LogP contribution in [0.4, 0.5) is 0 Å². The predicted molar refractivity (Wildman–Crippen MR) is 128 cm³/mol. The number of para-hydroxylation sites is 1. The van der Waals surface area contributed by atoms with Crippen LogP contribution in [0.5, 0.6) is 11.5 Å². The molecule has 1 aliphatic heterocycles. The van der Waals surface area contributed by atoms with Crippen molar-refractivity contribution < 1.29 is 28.9 Å². The number of rotatable bonds is 7. The number of halogens is 1. The Labute approximate surface area is 201 Å². The second kappa shape index (κ2) is 9.40. The van der Waals surface area contributed by atoms with E-state index in [0.29, 0.717) is 0 Å². The van der Waals surface area contributed by atoms with Gasteiger partial charge in [-0.05, 0) is 19.1 Å². The van der Waals surface area contributed by atoms with Gasteiger partial charge in [0.1, 0.15) is 17.3 Å². The first-order chi connectivity index (χ1) is 16.3. The maximum Gasteiger partial charge on any atom is 0.295 e. The highest BCUT2D eigenvalue weighted by molar-refractivity contribution is 6.46. The van der Waals surface area contributed by atoms with Crippen molar-refractivity contribution in [1.29, 1.82) is 0 Å². The Morgan fingerprint density at radius 1 is 1.12 bits per heavy atom. The average molecular weight is 485 g/mol. The maximum absolute atomic E-state index is 13.3. The van der Waals surface area contributed by atoms with Crippen molar-refractivity contribution in [2.24, 2.45) is 0 Å². The Morgan fingerprint density at radius 2 is 1.82 bits per heavy atom. The van der Waals surface area contributed by atoms with Gasteiger partial charge in [0, 0.05) is 41.9 Å². The number of hydrogen-bond donors (Lipinski definition) is 2. The van der Waals surface area contributed by atoms with E-state index in [1.54, 1.807) is 0 Å². The minimum atomic E-state index is -0.835. The molecular weight excluding hydrogens is 460 g/mol. The van der Waals surface area contributed by atoms with Gasteiger partial charge in [-0.3, -0.25) is 9.59 Å². The number of benzene rings is 2. The molecule has 2 aromatic carbocycles. The summed E-state index contributed by atoms with van der Waals surface area (Å²) in [4.78, 5) is 31.2. The molecule has 1 aromatic heterocycles. The number of H-pyrrole nitrogens is 1. The summed E-state index contributed by atoms with van der Waals surface area (Å²) in [6.45, 7) is 2.27. The van der Waals surface area contributed by atoms with E-state index in [-0.39, 0.29) is 46.6 Å². The summed E-state index contributed by atoms with van der Waals surface area (Å²) in [5.74, 6) is -1.36. The highest BCUT2D eigenvalue weighted by atomic mass is 35.5. The summed E-state index contributed by atoms with van der Waals surface area (Å²) in [6, 6.07) is 9.75. The van der Waals surface area contributed by atoms with Crippen molar-refractivity contribution >= 4 is 40.0 Å². The van der Waals surface area contributed by atoms with Gasteiger partial charge in [-0.25, -0.2) is 0 Å². The van der Waals surface area contributed by atoms with Gasteiger partial charge in [-0.2, -0.15) is 0 Å². The summed E-state index contributed by atoms with van der Waals surface area (Å²) in [6.07, 6.45) is 0. The first kappa shape index (κ1) is 23.7. The van der Waals surface area contributed by atoms with Gasteiger partial charge in [0.15, 0.2) is 0 Å². The van der Waals surface area contributed by atoms with Crippen molar-refractivity contribution in [3.8, 4) is 11.5 Å². The lowest BCUT2D eigenvalue weighted by Crippen LogP contribution is -2.32. The third-order valence-electron chi connectivity index (χ3n) is 6.02. The fraction of sp³-hybridized carbons (Fsp3) is 0.280. The summed E-state index contributed by atoms with van der Waals surface area (Å²) >= 11 is 6.22. The van der Waals surface area contributed by atoms with E-state index in [9.17, 15) is 14.7 Å². The van der Waals surface area contributed by atoms with Crippen LogP contribution >= 0.6 is 11.6 Å². The number of ketones is 1. The molecule has 1 fully saturated rings. The third-order valence-corrected chi connectivity index (χ3v) is 6.32. The molecule has 0 saturated carbocycles. The molecule has 0 bridgehead atoms. The minimum absolute atomic E-state index is 0.0448. The molecule has 34 heavy (non-hydrogen) atoms. The molecule has 2 heterocycles. The van der Waals surface area contributed by atoms with Crippen LogP contribution in [0.3, 0.4) is 0 Å². The average Bonchev–Trinajstić information content (AvgIpc) is 3.29. The number of carbonyl (C=O) groups excluding carboxylic acids is 2. The molecular formula is C25H25ClN2O6. The number of carbonyl (C=O) groups is 2. The van der Waals surface area contributed by atoms with Crippen LogP contribution in [-0.4, -0.2) is 61.2 Å². The number of fused-ring (bicyclic) bond motifs is 1. The summed E-state index contributed by atoms with van der Waals surface area (Å²) in [5.41, 5.74) is 2.51. The van der Waals surface area contributed by atoms with Crippen molar-refractivity contribution in [2.75, 3.05) is 34.5 Å². The Bertz CT molecular complexity index is 1310. The zero-order chi connectivity index (χ0) is 24.6. The highest BCUT2D eigenvalue weighted by Gasteiger charge is 2.47. The molecule has 178 valence electrons. The van der Waals surface area contributed by atoms with Gasteiger partial charge >= 0.3 is 0 Å². The zero-order valence-electron chi connectivity index (χ0n) is 19.3. The lowest BCUT2D eigenvalue weighted by Gasteiger charge is -2.25. The molecule has 0 aliphatic carbocycles. The van der Waals surface area contributed by atoms with Crippen molar-refractivity contribution in [3.63, 3.8) is 0 Å². The number of hydrogen-bond acceptors (Lipinski definition) is 6. The maximum atomic E-state index is 13.3. The third kappa shape index (κ3) is 3.78. The summed E-state index contributed by atoms with van der Waals surface area (Å²) < 4.78 is 15.9. The zero-order valence-corrected chi connectivity index (χ0v) is 20.0. The minimum Gasteiger partial charge on any atom is -0.507 e. The van der Waals surface area contributed by atoms with Crippen LogP contribution in [0.2, 0.25) is 5.02 Å². The number of aliphatic hydroxyl groups is 1. The number of nitrogens with zero attached hydrogens (tertiary/aromatic N) is 1. The van der Waals surface area contributed by atoms with E-state index in [1.165, 1.54) is 38.4 Å². The van der Waals surface area contributed by atoms with E-state index in [1.807, 2.05) is 31.2 Å². The lowest BCUT2D eigenvalue weighted by molar-refractivity contribution is -0.140. The number of aromatic amines is 1. The Morgan fingerprint density at radius 3 is 2.50 bits per heavy atom. The van der Waals surface area contributed by atoms with Gasteiger partial charge in [-0.15, -0.1) is 0 Å². The van der Waals surface area contributed by atoms with Gasteiger partial charge in [0.2, 0.25) is 0 Å². The number of aryl methyl sites for hydroxylation is 1. The molecule has 2 N–H and O–H groups in total. The molecule has 1 aliphatic rings. The van der Waals surface area contributed by atoms with Gasteiger partial charge in [0.25, 0.3) is 11.7 Å². The fourth-order valence-electron chi connectivity index (χ4n) is 4.44. The number of Topliss-reactive ketones (excluding diaryl/α,β-unsaturated/α-hetero) is 1. The summed E-state index contributed by atoms with van der Waals surface area (Å²) in [7, 11) is 4.39. The number of aliphatic hydroxyl groups excluding tert-OH is 1. The Hall–Kier alpha value is -3.49. The number of likely N-dealkylation sites (tertiary alicyclic amines) is 1. The SMILES string of the molecule is COCCN1C(=O)C(=O)/C(=C(/O)c2cc(OC)c(Cl)cc2OC)C1c1c(C)[nH]c2ccccc12. The van der Waals surface area contributed by atoms with E-state index < -0.39 is 17.7 Å². The smallest absolute Gasteiger partial charge is 0.295 e. The van der Waals surface area contributed by atoms with Crippen molar-refractivity contribution in [3.05, 3.63) is 63.8 Å². The molecule has 0 spiro atoms. The number of aromatic nitrogens is 1. The molecule has 4 rings (SSSR count). The Kier molecular flexibility index (Phi) is 6.54. The van der Waals surface area contributed by atoms with Crippen molar-refractivity contribution in [2.45, 2.75) is 13.0 Å². The fourth-order valence-corrected chi connectivity index (χ4v) is 4.67. The largest absolute Gasteiger partial charge is 0.507 e. The van der Waals surface area contributed by atoms with Crippen LogP contribution in [0.1, 0.15) is 22.9 Å². The second-order valence-electron chi connectivity index (χ2n) is 7.88. The van der Waals surface area contributed by atoms with Crippen LogP contribution in [0, 0.1) is 6.92 Å². The second-order valence-corrected chi connectivity index (χ2v) is 8.29. The molecule has 1 amide bonds. The molecule has 1 saturated heterocycles. The van der Waals surface area contributed by atoms with Crippen LogP contribution in [-0.2, 0) is 14.3 Å². The van der Waals surface area contributed by atoms with E-state index in [4.69, 9.17) is 25.8 Å². The van der Waals surface area contributed by atoms with E-state index >= 15 is 0 Å². The lowest BCUT2D eigenvalue weighted by atomic mass is 9.93. The van der Waals surface area contributed by atoms with E-state index in [2.05, 4.69) is 4.98 Å².